The molecule has 0 aromatic heterocycles. The topological polar surface area (TPSA) is 93.5 Å². The van der Waals surface area contributed by atoms with Crippen LogP contribution in [0.1, 0.15) is 12.5 Å². The van der Waals surface area contributed by atoms with E-state index in [0.29, 0.717) is 6.54 Å². The molecular weight excluding hydrogens is 250 g/mol. The fraction of sp³-hybridized carbons (Fsp3) is 0.417. The largest absolute Gasteiger partial charge is 0.474 e. The Hall–Kier alpha value is -2.15. The normalized spacial score (nSPS) is 11.7. The molecule has 1 aromatic carbocycles. The van der Waals surface area contributed by atoms with Crippen LogP contribution in [-0.4, -0.2) is 31.0 Å². The Morgan fingerprint density at radius 2 is 2.16 bits per heavy atom. The molecule has 0 saturated carbocycles. The number of ether oxygens (including phenoxy) is 1. The van der Waals surface area contributed by atoms with Gasteiger partial charge in [0.15, 0.2) is 11.9 Å². The average molecular weight is 267 g/mol. The standard InChI is InChI=1S/C12H17N3O4/c1-8(12(16)14-3)19-11-6-9(7-13-2)4-5-10(11)15(17)18/h4-6,8,13H,7H2,1-3H3,(H,14,16). The molecule has 1 amide bonds. The maximum atomic E-state index is 11.4. The molecule has 1 rings (SSSR count). The molecule has 0 heterocycles. The number of carbonyl (C=O) groups excluding carboxylic acids is 1. The Morgan fingerprint density at radius 1 is 1.47 bits per heavy atom. The summed E-state index contributed by atoms with van der Waals surface area (Å²) in [7, 11) is 3.25. The predicted octanol–water partition coefficient (Wildman–Crippen LogP) is 0.827. The van der Waals surface area contributed by atoms with Gasteiger partial charge in [-0.15, -0.1) is 0 Å². The predicted molar refractivity (Wildman–Crippen MR) is 70.0 cm³/mol. The molecule has 7 heteroatoms. The van der Waals surface area contributed by atoms with Crippen molar-refractivity contribution in [2.45, 2.75) is 19.6 Å². The van der Waals surface area contributed by atoms with Crippen molar-refractivity contribution in [3.05, 3.63) is 33.9 Å². The Balaban J connectivity index is 3.03. The number of carbonyl (C=O) groups is 1. The molecule has 7 nitrogen and oxygen atoms in total. The number of nitro groups is 1. The first kappa shape index (κ1) is 14.9. The van der Waals surface area contributed by atoms with Crippen molar-refractivity contribution in [2.24, 2.45) is 0 Å². The molecule has 0 aliphatic rings. The van der Waals surface area contributed by atoms with E-state index in [2.05, 4.69) is 10.6 Å². The molecular formula is C12H17N3O4. The summed E-state index contributed by atoms with van der Waals surface area (Å²) in [5.41, 5.74) is 0.683. The van der Waals surface area contributed by atoms with Gasteiger partial charge >= 0.3 is 5.69 Å². The van der Waals surface area contributed by atoms with Gasteiger partial charge in [0, 0.05) is 19.7 Å². The fourth-order valence-corrected chi connectivity index (χ4v) is 1.57. The van der Waals surface area contributed by atoms with Gasteiger partial charge < -0.3 is 15.4 Å². The zero-order chi connectivity index (χ0) is 14.4. The van der Waals surface area contributed by atoms with Gasteiger partial charge in [-0.3, -0.25) is 14.9 Å². The number of amides is 1. The highest BCUT2D eigenvalue weighted by atomic mass is 16.6. The van der Waals surface area contributed by atoms with Crippen molar-refractivity contribution in [3.63, 3.8) is 0 Å². The highest BCUT2D eigenvalue weighted by Crippen LogP contribution is 2.28. The highest BCUT2D eigenvalue weighted by Gasteiger charge is 2.20. The van der Waals surface area contributed by atoms with Crippen molar-refractivity contribution < 1.29 is 14.5 Å². The minimum absolute atomic E-state index is 0.0915. The lowest BCUT2D eigenvalue weighted by atomic mass is 10.2. The van der Waals surface area contributed by atoms with Crippen molar-refractivity contribution in [1.29, 1.82) is 0 Å². The van der Waals surface area contributed by atoms with Crippen LogP contribution in [0, 0.1) is 10.1 Å². The van der Waals surface area contributed by atoms with Crippen LogP contribution in [0.3, 0.4) is 0 Å². The first-order valence-corrected chi connectivity index (χ1v) is 5.79. The van der Waals surface area contributed by atoms with E-state index < -0.39 is 11.0 Å². The molecule has 1 unspecified atom stereocenters. The van der Waals surface area contributed by atoms with Crippen LogP contribution in [0.4, 0.5) is 5.69 Å². The highest BCUT2D eigenvalue weighted by molar-refractivity contribution is 5.80. The van der Waals surface area contributed by atoms with Gasteiger partial charge in [0.2, 0.25) is 0 Å². The van der Waals surface area contributed by atoms with Gasteiger partial charge in [-0.1, -0.05) is 6.07 Å². The first-order chi connectivity index (χ1) is 8.99. The van der Waals surface area contributed by atoms with Crippen molar-refractivity contribution >= 4 is 11.6 Å². The van der Waals surface area contributed by atoms with Crippen LogP contribution in [0.2, 0.25) is 0 Å². The van der Waals surface area contributed by atoms with E-state index in [9.17, 15) is 14.9 Å². The molecule has 19 heavy (non-hydrogen) atoms. The third kappa shape index (κ3) is 3.92. The summed E-state index contributed by atoms with van der Waals surface area (Å²) in [5.74, 6) is -0.248. The second kappa shape index (κ2) is 6.69. The summed E-state index contributed by atoms with van der Waals surface area (Å²) in [6.07, 6.45) is -0.798. The molecule has 0 fully saturated rings. The molecule has 0 bridgehead atoms. The maximum Gasteiger partial charge on any atom is 0.310 e. The SMILES string of the molecule is CNCc1ccc([N+](=O)[O-])c(OC(C)C(=O)NC)c1. The lowest BCUT2D eigenvalue weighted by Crippen LogP contribution is -2.33. The monoisotopic (exact) mass is 267 g/mol. The molecule has 2 N–H and O–H groups in total. The number of nitrogens with zero attached hydrogens (tertiary/aromatic N) is 1. The Bertz CT molecular complexity index is 476. The quantitative estimate of drug-likeness (QED) is 0.588. The zero-order valence-electron chi connectivity index (χ0n) is 11.1. The summed E-state index contributed by atoms with van der Waals surface area (Å²) >= 11 is 0. The molecule has 0 radical (unpaired) electrons. The number of benzene rings is 1. The van der Waals surface area contributed by atoms with Crippen LogP contribution < -0.4 is 15.4 Å². The van der Waals surface area contributed by atoms with Gasteiger partial charge in [-0.25, -0.2) is 0 Å². The van der Waals surface area contributed by atoms with E-state index in [0.717, 1.165) is 5.56 Å². The van der Waals surface area contributed by atoms with Crippen LogP contribution in [0.15, 0.2) is 18.2 Å². The van der Waals surface area contributed by atoms with Crippen molar-refractivity contribution in [3.8, 4) is 5.75 Å². The third-order valence-electron chi connectivity index (χ3n) is 2.52. The minimum atomic E-state index is -0.798. The van der Waals surface area contributed by atoms with Crippen LogP contribution in [0.25, 0.3) is 0 Å². The Kier molecular flexibility index (Phi) is 5.25. The van der Waals surface area contributed by atoms with Gasteiger partial charge in [0.05, 0.1) is 4.92 Å². The second-order valence-electron chi connectivity index (χ2n) is 3.96. The van der Waals surface area contributed by atoms with Gasteiger partial charge in [0.1, 0.15) is 0 Å². The maximum absolute atomic E-state index is 11.4. The molecule has 1 atom stereocenters. The van der Waals surface area contributed by atoms with Gasteiger partial charge in [0.25, 0.3) is 5.91 Å². The summed E-state index contributed by atoms with van der Waals surface area (Å²) in [6, 6.07) is 4.58. The number of likely N-dealkylation sites (N-methyl/N-ethyl adjacent to an activating group) is 1. The van der Waals surface area contributed by atoms with E-state index >= 15 is 0 Å². The average Bonchev–Trinajstić information content (AvgIpc) is 2.38. The molecule has 0 saturated heterocycles. The van der Waals surface area contributed by atoms with E-state index in [1.165, 1.54) is 20.0 Å². The van der Waals surface area contributed by atoms with E-state index in [1.54, 1.807) is 19.2 Å². The van der Waals surface area contributed by atoms with Crippen LogP contribution in [0.5, 0.6) is 5.75 Å². The van der Waals surface area contributed by atoms with E-state index in [4.69, 9.17) is 4.74 Å². The summed E-state index contributed by atoms with van der Waals surface area (Å²) in [4.78, 5) is 21.8. The molecule has 104 valence electrons. The van der Waals surface area contributed by atoms with Gasteiger partial charge in [-0.05, 0) is 25.6 Å². The van der Waals surface area contributed by atoms with E-state index in [1.807, 2.05) is 0 Å². The number of nitro benzene ring substituents is 1. The van der Waals surface area contributed by atoms with Crippen molar-refractivity contribution in [1.82, 2.24) is 10.6 Å². The first-order valence-electron chi connectivity index (χ1n) is 5.79. The third-order valence-corrected chi connectivity index (χ3v) is 2.52. The van der Waals surface area contributed by atoms with E-state index in [-0.39, 0.29) is 17.3 Å². The fourth-order valence-electron chi connectivity index (χ4n) is 1.57. The number of hydrogen-bond donors (Lipinski definition) is 2. The summed E-state index contributed by atoms with van der Waals surface area (Å²) < 4.78 is 5.36. The van der Waals surface area contributed by atoms with Crippen LogP contribution in [-0.2, 0) is 11.3 Å². The Labute approximate surface area is 111 Å². The van der Waals surface area contributed by atoms with Gasteiger partial charge in [-0.2, -0.15) is 0 Å². The Morgan fingerprint density at radius 3 is 2.68 bits per heavy atom. The van der Waals surface area contributed by atoms with Crippen molar-refractivity contribution in [2.75, 3.05) is 14.1 Å². The number of nitrogens with one attached hydrogen (secondary N) is 2. The molecule has 0 aliphatic heterocycles. The number of hydrogen-bond acceptors (Lipinski definition) is 5. The minimum Gasteiger partial charge on any atom is -0.474 e. The molecule has 0 spiro atoms. The zero-order valence-corrected chi connectivity index (χ0v) is 11.1. The lowest BCUT2D eigenvalue weighted by Gasteiger charge is -2.14. The second-order valence-corrected chi connectivity index (χ2v) is 3.96. The molecule has 0 aliphatic carbocycles. The lowest BCUT2D eigenvalue weighted by molar-refractivity contribution is -0.386. The van der Waals surface area contributed by atoms with Crippen LogP contribution >= 0.6 is 0 Å². The summed E-state index contributed by atoms with van der Waals surface area (Å²) in [5, 5.41) is 16.3. The smallest absolute Gasteiger partial charge is 0.310 e. The number of rotatable bonds is 6. The summed E-state index contributed by atoms with van der Waals surface area (Å²) in [6.45, 7) is 2.09. The molecule has 1 aromatic rings.